The van der Waals surface area contributed by atoms with Crippen LogP contribution < -0.4 is 14.5 Å². The lowest BCUT2D eigenvalue weighted by Gasteiger charge is -2.16. The second-order valence-corrected chi connectivity index (χ2v) is 7.20. The lowest BCUT2D eigenvalue weighted by Crippen LogP contribution is -2.27. The van der Waals surface area contributed by atoms with Gasteiger partial charge in [0.05, 0.1) is 18.8 Å². The van der Waals surface area contributed by atoms with Crippen molar-refractivity contribution in [3.63, 3.8) is 0 Å². The van der Waals surface area contributed by atoms with Crippen LogP contribution in [0.2, 0.25) is 0 Å². The van der Waals surface area contributed by atoms with Gasteiger partial charge in [-0.15, -0.1) is 0 Å². The van der Waals surface area contributed by atoms with E-state index in [1.165, 1.54) is 47.7 Å². The molecule has 2 aromatic heterocycles. The van der Waals surface area contributed by atoms with Crippen LogP contribution in [0, 0.1) is 11.6 Å². The van der Waals surface area contributed by atoms with Gasteiger partial charge in [0.25, 0.3) is 5.88 Å². The number of anilines is 2. The molecule has 1 atom stereocenters. The first-order valence-electron chi connectivity index (χ1n) is 9.91. The van der Waals surface area contributed by atoms with Crippen LogP contribution in [0.15, 0.2) is 47.3 Å². The third-order valence-corrected chi connectivity index (χ3v) is 5.15. The third-order valence-electron chi connectivity index (χ3n) is 5.15. The molecule has 0 bridgehead atoms. The molecule has 12 heteroatoms. The van der Waals surface area contributed by atoms with E-state index in [1.54, 1.807) is 0 Å². The largest absolute Gasteiger partial charge is 0.471 e. The maximum atomic E-state index is 14.9. The number of carbonyl (C=O) groups excluding carboxylic acids is 2. The van der Waals surface area contributed by atoms with Gasteiger partial charge in [0.15, 0.2) is 17.7 Å². The zero-order chi connectivity index (χ0) is 22.9. The first kappa shape index (κ1) is 20.7. The maximum Gasteiger partial charge on any atom is 0.415 e. The van der Waals surface area contributed by atoms with Crippen LogP contribution in [0.5, 0.6) is 5.88 Å². The second-order valence-electron chi connectivity index (χ2n) is 7.20. The van der Waals surface area contributed by atoms with Crippen molar-refractivity contribution in [3.8, 4) is 17.0 Å². The molecule has 0 spiro atoms. The van der Waals surface area contributed by atoms with Crippen molar-refractivity contribution in [1.82, 2.24) is 10.1 Å². The van der Waals surface area contributed by atoms with E-state index >= 15 is 0 Å². The summed E-state index contributed by atoms with van der Waals surface area (Å²) >= 11 is 0. The van der Waals surface area contributed by atoms with Crippen LogP contribution in [-0.2, 0) is 9.47 Å². The Labute approximate surface area is 185 Å². The molecule has 4 heterocycles. The Bertz CT molecular complexity index is 1190. The first-order valence-corrected chi connectivity index (χ1v) is 9.91. The van der Waals surface area contributed by atoms with Crippen molar-refractivity contribution in [2.45, 2.75) is 6.10 Å². The zero-order valence-electron chi connectivity index (χ0n) is 16.9. The van der Waals surface area contributed by atoms with Crippen LogP contribution in [0.4, 0.5) is 29.9 Å². The van der Waals surface area contributed by atoms with Gasteiger partial charge in [0.2, 0.25) is 0 Å². The standard InChI is InChI=1S/C21H16F2N4O6/c22-18-14(12-1-4-16(24-9-12)26-6-8-30-20(26)28)2-3-15(19(18)23)27-10-13(33-21(27)29)11-31-17-5-7-32-25-17/h1-5,7,9,13H,6,8,10-11H2. The Morgan fingerprint density at radius 3 is 2.64 bits per heavy atom. The smallest absolute Gasteiger partial charge is 0.415 e. The minimum Gasteiger partial charge on any atom is -0.471 e. The summed E-state index contributed by atoms with van der Waals surface area (Å²) in [4.78, 5) is 30.4. The number of hydrogen-bond acceptors (Lipinski definition) is 8. The van der Waals surface area contributed by atoms with Gasteiger partial charge in [0, 0.05) is 23.4 Å². The highest BCUT2D eigenvalue weighted by atomic mass is 19.2. The summed E-state index contributed by atoms with van der Waals surface area (Å²) < 4.78 is 49.8. The highest BCUT2D eigenvalue weighted by Crippen LogP contribution is 2.33. The summed E-state index contributed by atoms with van der Waals surface area (Å²) in [6, 6.07) is 7.17. The molecule has 1 aromatic carbocycles. The van der Waals surface area contributed by atoms with E-state index in [4.69, 9.17) is 14.2 Å². The molecule has 0 radical (unpaired) electrons. The fourth-order valence-corrected chi connectivity index (χ4v) is 3.54. The summed E-state index contributed by atoms with van der Waals surface area (Å²) in [5.41, 5.74) is 0.00417. The van der Waals surface area contributed by atoms with Crippen LogP contribution in [-0.4, -0.2) is 54.7 Å². The minimum atomic E-state index is -1.20. The second kappa shape index (κ2) is 8.37. The van der Waals surface area contributed by atoms with Gasteiger partial charge in [-0.05, 0) is 29.4 Å². The van der Waals surface area contributed by atoms with Crippen molar-refractivity contribution in [3.05, 3.63) is 54.4 Å². The van der Waals surface area contributed by atoms with Crippen LogP contribution in [0.25, 0.3) is 11.1 Å². The van der Waals surface area contributed by atoms with E-state index in [9.17, 15) is 18.4 Å². The third kappa shape index (κ3) is 3.90. The predicted octanol–water partition coefficient (Wildman–Crippen LogP) is 3.38. The summed E-state index contributed by atoms with van der Waals surface area (Å²) in [5, 5.41) is 3.58. The molecule has 3 aromatic rings. The van der Waals surface area contributed by atoms with Gasteiger partial charge in [0.1, 0.15) is 25.3 Å². The number of nitrogens with zero attached hydrogens (tertiary/aromatic N) is 4. The van der Waals surface area contributed by atoms with Gasteiger partial charge >= 0.3 is 12.2 Å². The molecule has 0 aliphatic carbocycles. The molecule has 33 heavy (non-hydrogen) atoms. The van der Waals surface area contributed by atoms with Crippen LogP contribution >= 0.6 is 0 Å². The number of pyridine rings is 1. The normalized spacial score (nSPS) is 17.9. The van der Waals surface area contributed by atoms with Gasteiger partial charge in [-0.3, -0.25) is 9.80 Å². The molecule has 0 N–H and O–H groups in total. The minimum absolute atomic E-state index is 0.0282. The molecule has 0 saturated carbocycles. The van der Waals surface area contributed by atoms with Gasteiger partial charge < -0.3 is 18.7 Å². The molecule has 2 aliphatic heterocycles. The number of ether oxygens (including phenoxy) is 3. The molecule has 2 amide bonds. The zero-order valence-corrected chi connectivity index (χ0v) is 16.9. The average Bonchev–Trinajstić information content (AvgIpc) is 3.56. The van der Waals surface area contributed by atoms with E-state index in [0.29, 0.717) is 17.9 Å². The highest BCUT2D eigenvalue weighted by Gasteiger charge is 2.35. The molecule has 2 aliphatic rings. The molecule has 2 saturated heterocycles. The fraction of sp³-hybridized carbons (Fsp3) is 0.238. The molecule has 170 valence electrons. The SMILES string of the molecule is O=C1OCCN1c1ccc(-c2ccc(N3CC(COc4ccon4)OC3=O)c(F)c2F)cn1. The summed E-state index contributed by atoms with van der Waals surface area (Å²) in [6.45, 7) is 0.559. The van der Waals surface area contributed by atoms with E-state index in [0.717, 1.165) is 4.90 Å². The van der Waals surface area contributed by atoms with Crippen molar-refractivity contribution in [2.75, 3.05) is 36.1 Å². The summed E-state index contributed by atoms with van der Waals surface area (Å²) in [6.07, 6.45) is 0.619. The summed E-state index contributed by atoms with van der Waals surface area (Å²) in [7, 11) is 0. The van der Waals surface area contributed by atoms with E-state index < -0.39 is 29.9 Å². The fourth-order valence-electron chi connectivity index (χ4n) is 3.54. The summed E-state index contributed by atoms with van der Waals surface area (Å²) in [5.74, 6) is -1.78. The Morgan fingerprint density at radius 1 is 1.06 bits per heavy atom. The Hall–Kier alpha value is -4.22. The molecular weight excluding hydrogens is 442 g/mol. The first-order chi connectivity index (χ1) is 16.0. The van der Waals surface area contributed by atoms with Crippen molar-refractivity contribution >= 4 is 23.7 Å². The molecule has 2 fully saturated rings. The van der Waals surface area contributed by atoms with E-state index in [-0.39, 0.29) is 36.9 Å². The Kier molecular flexibility index (Phi) is 5.24. The van der Waals surface area contributed by atoms with Gasteiger partial charge in [-0.1, -0.05) is 0 Å². The lowest BCUT2D eigenvalue weighted by molar-refractivity contribution is 0.101. The van der Waals surface area contributed by atoms with E-state index in [1.807, 2.05) is 0 Å². The van der Waals surface area contributed by atoms with E-state index in [2.05, 4.69) is 14.7 Å². The van der Waals surface area contributed by atoms with Crippen LogP contribution in [0.3, 0.4) is 0 Å². The number of amides is 2. The average molecular weight is 458 g/mol. The van der Waals surface area contributed by atoms with Gasteiger partial charge in [-0.25, -0.2) is 23.4 Å². The number of hydrogen-bond donors (Lipinski definition) is 0. The van der Waals surface area contributed by atoms with Gasteiger partial charge in [-0.2, -0.15) is 0 Å². The lowest BCUT2D eigenvalue weighted by atomic mass is 10.1. The monoisotopic (exact) mass is 458 g/mol. The molecule has 5 rings (SSSR count). The molecule has 10 nitrogen and oxygen atoms in total. The topological polar surface area (TPSA) is 107 Å². The Morgan fingerprint density at radius 2 is 1.94 bits per heavy atom. The number of aromatic nitrogens is 2. The van der Waals surface area contributed by atoms with Crippen LogP contribution in [0.1, 0.15) is 0 Å². The predicted molar refractivity (Wildman–Crippen MR) is 108 cm³/mol. The number of cyclic esters (lactones) is 2. The quantitative estimate of drug-likeness (QED) is 0.553. The molecule has 1 unspecified atom stereocenters. The number of rotatable bonds is 6. The number of carbonyl (C=O) groups is 2. The number of halogens is 2. The highest BCUT2D eigenvalue weighted by molar-refractivity contribution is 5.90. The van der Waals surface area contributed by atoms with Crippen molar-refractivity contribution < 1.29 is 37.1 Å². The maximum absolute atomic E-state index is 14.9. The Balaban J connectivity index is 1.32. The van der Waals surface area contributed by atoms with Crippen molar-refractivity contribution in [2.24, 2.45) is 0 Å². The molecular formula is C21H16F2N4O6. The van der Waals surface area contributed by atoms with Crippen molar-refractivity contribution in [1.29, 1.82) is 0 Å². The number of benzene rings is 1.